The standard InChI is InChI=1S/C19H17ClF3NO2/c1-18(14-6-4-12(20)9-16(14)25)13-5-3-11(19(21,22)23)7-10(13)8-15(24-2)17(18)26/h3-7,9,15,24-25H,8H2,1-2H3/t15?,18-/m1/s1. The van der Waals surface area contributed by atoms with E-state index in [1.807, 2.05) is 0 Å². The van der Waals surface area contributed by atoms with E-state index in [2.05, 4.69) is 5.32 Å². The molecule has 2 aromatic rings. The number of hydrogen-bond donors (Lipinski definition) is 2. The molecule has 3 nitrogen and oxygen atoms in total. The largest absolute Gasteiger partial charge is 0.508 e. The van der Waals surface area contributed by atoms with Gasteiger partial charge in [-0.15, -0.1) is 0 Å². The number of Topliss-reactive ketones (excluding diaryl/α,β-unsaturated/α-hetero) is 1. The minimum atomic E-state index is -4.47. The highest BCUT2D eigenvalue weighted by Crippen LogP contribution is 2.45. The van der Waals surface area contributed by atoms with Crippen LogP contribution in [0.25, 0.3) is 0 Å². The van der Waals surface area contributed by atoms with E-state index in [1.165, 1.54) is 18.2 Å². The molecule has 26 heavy (non-hydrogen) atoms. The molecule has 0 spiro atoms. The van der Waals surface area contributed by atoms with Gasteiger partial charge in [-0.1, -0.05) is 23.7 Å². The summed E-state index contributed by atoms with van der Waals surface area (Å²) in [5, 5.41) is 13.5. The lowest BCUT2D eigenvalue weighted by Gasteiger charge is -2.39. The molecule has 2 N–H and O–H groups in total. The van der Waals surface area contributed by atoms with Crippen molar-refractivity contribution in [1.82, 2.24) is 5.32 Å². The van der Waals surface area contributed by atoms with Gasteiger partial charge in [-0.3, -0.25) is 4.79 Å². The maximum Gasteiger partial charge on any atom is 0.416 e. The van der Waals surface area contributed by atoms with Crippen LogP contribution in [0.3, 0.4) is 0 Å². The van der Waals surface area contributed by atoms with Gasteiger partial charge in [0, 0.05) is 10.6 Å². The second kappa shape index (κ2) is 6.28. The Morgan fingerprint density at radius 2 is 1.85 bits per heavy atom. The van der Waals surface area contributed by atoms with Gasteiger partial charge in [0.05, 0.1) is 17.0 Å². The minimum Gasteiger partial charge on any atom is -0.508 e. The molecule has 0 saturated carbocycles. The number of phenols is 1. The number of ketones is 1. The highest BCUT2D eigenvalue weighted by molar-refractivity contribution is 6.30. The predicted molar refractivity (Wildman–Crippen MR) is 92.6 cm³/mol. The summed E-state index contributed by atoms with van der Waals surface area (Å²) in [6.45, 7) is 1.62. The fourth-order valence-corrected chi connectivity index (χ4v) is 3.83. The summed E-state index contributed by atoms with van der Waals surface area (Å²) >= 11 is 5.88. The Balaban J connectivity index is 2.26. The minimum absolute atomic E-state index is 0.151. The Bertz CT molecular complexity index is 882. The zero-order valence-electron chi connectivity index (χ0n) is 14.1. The van der Waals surface area contributed by atoms with E-state index < -0.39 is 23.2 Å². The maximum absolute atomic E-state index is 13.1. The molecular weight excluding hydrogens is 367 g/mol. The summed E-state index contributed by atoms with van der Waals surface area (Å²) in [7, 11) is 1.59. The number of hydrogen-bond acceptors (Lipinski definition) is 3. The van der Waals surface area contributed by atoms with Gasteiger partial charge >= 0.3 is 6.18 Å². The molecule has 2 atom stereocenters. The number of alkyl halides is 3. The highest BCUT2D eigenvalue weighted by atomic mass is 35.5. The van der Waals surface area contributed by atoms with Crippen LogP contribution in [0, 0.1) is 0 Å². The van der Waals surface area contributed by atoms with E-state index in [0.717, 1.165) is 12.1 Å². The summed E-state index contributed by atoms with van der Waals surface area (Å²) in [6, 6.07) is 7.12. The van der Waals surface area contributed by atoms with Crippen LogP contribution in [0.1, 0.15) is 29.2 Å². The molecule has 0 fully saturated rings. The fraction of sp³-hybridized carbons (Fsp3) is 0.316. The van der Waals surface area contributed by atoms with Crippen LogP contribution in [0.15, 0.2) is 36.4 Å². The molecule has 0 bridgehead atoms. The molecule has 0 radical (unpaired) electrons. The zero-order chi connectivity index (χ0) is 19.3. The van der Waals surface area contributed by atoms with Crippen molar-refractivity contribution in [2.45, 2.75) is 31.0 Å². The molecule has 1 aliphatic carbocycles. The van der Waals surface area contributed by atoms with Gasteiger partial charge in [-0.25, -0.2) is 0 Å². The first-order valence-corrected chi connectivity index (χ1v) is 8.38. The van der Waals surface area contributed by atoms with Crippen LogP contribution < -0.4 is 5.32 Å². The van der Waals surface area contributed by atoms with Crippen molar-refractivity contribution in [3.8, 4) is 5.75 Å². The van der Waals surface area contributed by atoms with Gasteiger partial charge in [-0.2, -0.15) is 13.2 Å². The smallest absolute Gasteiger partial charge is 0.416 e. The topological polar surface area (TPSA) is 49.3 Å². The first-order valence-electron chi connectivity index (χ1n) is 8.00. The Morgan fingerprint density at radius 1 is 1.19 bits per heavy atom. The lowest BCUT2D eigenvalue weighted by molar-refractivity contribution is -0.137. The van der Waals surface area contributed by atoms with Crippen molar-refractivity contribution in [2.24, 2.45) is 0 Å². The number of carbonyl (C=O) groups is 1. The van der Waals surface area contributed by atoms with Gasteiger partial charge in [0.15, 0.2) is 5.78 Å². The summed E-state index contributed by atoms with van der Waals surface area (Å²) in [4.78, 5) is 13.1. The van der Waals surface area contributed by atoms with Gasteiger partial charge in [-0.05, 0) is 55.8 Å². The Hall–Kier alpha value is -2.05. The van der Waals surface area contributed by atoms with Crippen molar-refractivity contribution in [1.29, 1.82) is 0 Å². The number of nitrogens with one attached hydrogen (secondary N) is 1. The van der Waals surface area contributed by atoms with E-state index in [9.17, 15) is 23.1 Å². The number of aromatic hydroxyl groups is 1. The second-order valence-electron chi connectivity index (χ2n) is 6.57. The van der Waals surface area contributed by atoms with E-state index in [0.29, 0.717) is 21.7 Å². The van der Waals surface area contributed by atoms with Gasteiger partial charge in [0.2, 0.25) is 0 Å². The van der Waals surface area contributed by atoms with E-state index in [1.54, 1.807) is 20.0 Å². The Kier molecular flexibility index (Phi) is 4.53. The molecule has 2 aromatic carbocycles. The van der Waals surface area contributed by atoms with E-state index in [4.69, 9.17) is 11.6 Å². The third-order valence-electron chi connectivity index (χ3n) is 5.05. The van der Waals surface area contributed by atoms with Crippen molar-refractivity contribution in [3.05, 3.63) is 63.7 Å². The number of rotatable bonds is 2. The van der Waals surface area contributed by atoms with E-state index in [-0.39, 0.29) is 18.0 Å². The summed E-state index contributed by atoms with van der Waals surface area (Å²) in [6.07, 6.45) is -4.32. The van der Waals surface area contributed by atoms with Crippen LogP contribution in [0.2, 0.25) is 5.02 Å². The number of likely N-dealkylation sites (N-methyl/N-ethyl adjacent to an activating group) is 1. The van der Waals surface area contributed by atoms with Crippen molar-refractivity contribution in [3.63, 3.8) is 0 Å². The van der Waals surface area contributed by atoms with Gasteiger partial charge in [0.1, 0.15) is 5.75 Å². The van der Waals surface area contributed by atoms with E-state index >= 15 is 0 Å². The molecular formula is C19H17ClF3NO2. The molecule has 3 rings (SSSR count). The Labute approximate surface area is 153 Å². The molecule has 0 aliphatic heterocycles. The average Bonchev–Trinajstić information content (AvgIpc) is 2.56. The predicted octanol–water partition coefficient (Wildman–Crippen LogP) is 4.08. The maximum atomic E-state index is 13.1. The van der Waals surface area contributed by atoms with Gasteiger partial charge in [0.25, 0.3) is 0 Å². The Morgan fingerprint density at radius 3 is 2.42 bits per heavy atom. The quantitative estimate of drug-likeness (QED) is 0.821. The first kappa shape index (κ1) is 18.7. The number of benzene rings is 2. The molecule has 1 unspecified atom stereocenters. The average molecular weight is 384 g/mol. The van der Waals surface area contributed by atoms with Crippen molar-refractivity contribution >= 4 is 17.4 Å². The van der Waals surface area contributed by atoms with Crippen molar-refractivity contribution in [2.75, 3.05) is 7.05 Å². The number of phenolic OH excluding ortho intramolecular Hbond substituents is 1. The summed E-state index contributed by atoms with van der Waals surface area (Å²) < 4.78 is 39.3. The van der Waals surface area contributed by atoms with Crippen LogP contribution in [-0.2, 0) is 22.8 Å². The molecule has 0 heterocycles. The van der Waals surface area contributed by atoms with Crippen LogP contribution in [0.4, 0.5) is 13.2 Å². The fourth-order valence-electron chi connectivity index (χ4n) is 3.66. The van der Waals surface area contributed by atoms with Crippen LogP contribution in [0.5, 0.6) is 5.75 Å². The molecule has 0 amide bonds. The summed E-state index contributed by atoms with van der Waals surface area (Å²) in [5.74, 6) is -0.388. The SMILES string of the molecule is CNC1Cc2cc(C(F)(F)F)ccc2[C@](C)(c2ccc(Cl)cc2O)C1=O. The number of fused-ring (bicyclic) bond motifs is 1. The number of carbonyl (C=O) groups excluding carboxylic acids is 1. The van der Waals surface area contributed by atoms with Crippen LogP contribution >= 0.6 is 11.6 Å². The summed E-state index contributed by atoms with van der Waals surface area (Å²) in [5.41, 5.74) is -0.855. The van der Waals surface area contributed by atoms with Crippen LogP contribution in [-0.4, -0.2) is 24.0 Å². The highest BCUT2D eigenvalue weighted by Gasteiger charge is 2.47. The molecule has 138 valence electrons. The molecule has 0 saturated heterocycles. The molecule has 7 heteroatoms. The monoisotopic (exact) mass is 383 g/mol. The first-order chi connectivity index (χ1) is 12.1. The number of halogens is 4. The lowest BCUT2D eigenvalue weighted by atomic mass is 9.64. The molecule has 1 aliphatic rings. The third-order valence-corrected chi connectivity index (χ3v) is 5.29. The normalized spacial score (nSPS) is 23.0. The second-order valence-corrected chi connectivity index (χ2v) is 7.00. The molecule has 0 aromatic heterocycles. The lowest BCUT2D eigenvalue weighted by Crippen LogP contribution is -2.51. The third kappa shape index (κ3) is 2.87. The van der Waals surface area contributed by atoms with Gasteiger partial charge < -0.3 is 10.4 Å². The van der Waals surface area contributed by atoms with Crippen molar-refractivity contribution < 1.29 is 23.1 Å². The zero-order valence-corrected chi connectivity index (χ0v) is 14.9.